The summed E-state index contributed by atoms with van der Waals surface area (Å²) < 4.78 is 39.9. The molecule has 0 aliphatic carbocycles. The molecule has 0 aromatic carbocycles. The fourth-order valence-electron chi connectivity index (χ4n) is 2.35. The molecule has 0 bridgehead atoms. The van der Waals surface area contributed by atoms with E-state index >= 15 is 0 Å². The first-order valence-electron chi connectivity index (χ1n) is 6.83. The number of halogens is 3. The molecule has 1 rings (SSSR count). The molecule has 0 saturated carbocycles. The molecule has 2 atom stereocenters. The third-order valence-electron chi connectivity index (χ3n) is 3.62. The summed E-state index contributed by atoms with van der Waals surface area (Å²) >= 11 is 0. The van der Waals surface area contributed by atoms with Gasteiger partial charge in [0, 0.05) is 6.54 Å². The molecule has 0 radical (unpaired) electrons. The van der Waals surface area contributed by atoms with Gasteiger partial charge in [-0.1, -0.05) is 20.3 Å². The molecule has 1 fully saturated rings. The Morgan fingerprint density at radius 3 is 2.43 bits per heavy atom. The van der Waals surface area contributed by atoms with Crippen LogP contribution < -0.4 is 5.32 Å². The van der Waals surface area contributed by atoms with Crippen molar-refractivity contribution in [2.45, 2.75) is 52.1 Å². The normalized spacial score (nSPS) is 24.0. The maximum Gasteiger partial charge on any atom is 0.522 e. The number of hydrogen-bond donors (Lipinski definition) is 1. The Labute approximate surface area is 121 Å². The first-order valence-corrected chi connectivity index (χ1v) is 6.83. The number of amides is 2. The average Bonchev–Trinajstić information content (AvgIpc) is 2.32. The van der Waals surface area contributed by atoms with Gasteiger partial charge in [-0.2, -0.15) is 0 Å². The van der Waals surface area contributed by atoms with E-state index in [9.17, 15) is 22.8 Å². The highest BCUT2D eigenvalue weighted by Crippen LogP contribution is 2.25. The predicted octanol–water partition coefficient (Wildman–Crippen LogP) is 1.67. The zero-order chi connectivity index (χ0) is 16.4. The van der Waals surface area contributed by atoms with Crippen molar-refractivity contribution in [1.82, 2.24) is 10.2 Å². The van der Waals surface area contributed by atoms with Crippen molar-refractivity contribution in [3.8, 4) is 0 Å². The van der Waals surface area contributed by atoms with Crippen LogP contribution in [0.3, 0.4) is 0 Å². The number of carbonyl (C=O) groups excluding carboxylic acids is 2. The number of rotatable bonds is 5. The minimum absolute atomic E-state index is 0.157. The number of alkyl halides is 3. The monoisotopic (exact) mass is 310 g/mol. The number of piperazine rings is 1. The van der Waals surface area contributed by atoms with Gasteiger partial charge in [0.25, 0.3) is 0 Å². The lowest BCUT2D eigenvalue weighted by Crippen LogP contribution is -2.69. The van der Waals surface area contributed by atoms with Crippen molar-refractivity contribution in [3.05, 3.63) is 0 Å². The lowest BCUT2D eigenvalue weighted by Gasteiger charge is -2.44. The molecule has 0 aromatic heterocycles. The molecule has 1 aliphatic heterocycles. The molecule has 1 N–H and O–H groups in total. The van der Waals surface area contributed by atoms with E-state index in [1.165, 1.54) is 18.7 Å². The summed E-state index contributed by atoms with van der Waals surface area (Å²) in [6.07, 6.45) is -4.12. The molecule has 21 heavy (non-hydrogen) atoms. The average molecular weight is 310 g/mol. The van der Waals surface area contributed by atoms with Crippen molar-refractivity contribution in [2.75, 3.05) is 13.2 Å². The van der Waals surface area contributed by atoms with Gasteiger partial charge in [0.15, 0.2) is 0 Å². The van der Waals surface area contributed by atoms with Crippen LogP contribution in [-0.2, 0) is 14.3 Å². The van der Waals surface area contributed by atoms with Crippen molar-refractivity contribution < 1.29 is 27.5 Å². The Kier molecular flexibility index (Phi) is 5.25. The number of hydrogen-bond acceptors (Lipinski definition) is 3. The second-order valence-electron chi connectivity index (χ2n) is 5.74. The van der Waals surface area contributed by atoms with Gasteiger partial charge in [-0.05, 0) is 19.8 Å². The smallest absolute Gasteiger partial charge is 0.340 e. The molecule has 1 saturated heterocycles. The Hall–Kier alpha value is -1.31. The molecule has 8 heteroatoms. The molecular formula is C13H21F3N2O3. The fourth-order valence-corrected chi connectivity index (χ4v) is 2.35. The molecule has 1 heterocycles. The maximum atomic E-state index is 12.4. The zero-order valence-corrected chi connectivity index (χ0v) is 12.6. The van der Waals surface area contributed by atoms with Crippen molar-refractivity contribution in [1.29, 1.82) is 0 Å². The Morgan fingerprint density at radius 2 is 1.95 bits per heavy atom. The largest absolute Gasteiger partial charge is 0.522 e. The Morgan fingerprint density at radius 1 is 1.38 bits per heavy atom. The summed E-state index contributed by atoms with van der Waals surface area (Å²) in [5.41, 5.74) is -1.13. The van der Waals surface area contributed by atoms with Gasteiger partial charge in [-0.25, -0.2) is 0 Å². The van der Waals surface area contributed by atoms with Crippen molar-refractivity contribution in [2.24, 2.45) is 5.92 Å². The minimum atomic E-state index is -4.75. The Balaban J connectivity index is 2.89. The topological polar surface area (TPSA) is 58.6 Å². The van der Waals surface area contributed by atoms with Gasteiger partial charge in [0.2, 0.25) is 11.8 Å². The third kappa shape index (κ3) is 4.33. The third-order valence-corrected chi connectivity index (χ3v) is 3.62. The fraction of sp³-hybridized carbons (Fsp3) is 0.846. The molecule has 2 amide bonds. The lowest BCUT2D eigenvalue weighted by atomic mass is 9.89. The highest BCUT2D eigenvalue weighted by atomic mass is 19.4. The van der Waals surface area contributed by atoms with Gasteiger partial charge in [-0.15, -0.1) is 13.2 Å². The number of nitrogens with zero attached hydrogens (tertiary/aromatic N) is 1. The van der Waals surface area contributed by atoms with Gasteiger partial charge in [0.05, 0.1) is 6.61 Å². The van der Waals surface area contributed by atoms with E-state index in [1.54, 1.807) is 6.92 Å². The first kappa shape index (κ1) is 17.7. The molecular weight excluding hydrogens is 289 g/mol. The quantitative estimate of drug-likeness (QED) is 0.840. The van der Waals surface area contributed by atoms with E-state index in [2.05, 4.69) is 10.1 Å². The summed E-state index contributed by atoms with van der Waals surface area (Å²) in [6, 6.07) is -0.771. The van der Waals surface area contributed by atoms with Gasteiger partial charge in [0.1, 0.15) is 11.6 Å². The maximum absolute atomic E-state index is 12.4. The lowest BCUT2D eigenvalue weighted by molar-refractivity contribution is -0.325. The molecule has 0 spiro atoms. The summed E-state index contributed by atoms with van der Waals surface area (Å²) in [5.74, 6) is -0.907. The van der Waals surface area contributed by atoms with Gasteiger partial charge in [-0.3, -0.25) is 14.3 Å². The number of nitrogens with one attached hydrogen (secondary N) is 1. The molecule has 2 unspecified atom stereocenters. The summed E-state index contributed by atoms with van der Waals surface area (Å²) in [5, 5.41) is 2.61. The summed E-state index contributed by atoms with van der Waals surface area (Å²) in [7, 11) is 0. The zero-order valence-electron chi connectivity index (χ0n) is 12.6. The second kappa shape index (κ2) is 6.21. The molecule has 0 aromatic rings. The minimum Gasteiger partial charge on any atom is -0.340 e. The van der Waals surface area contributed by atoms with Gasteiger partial charge >= 0.3 is 6.36 Å². The first-order chi connectivity index (χ1) is 9.49. The van der Waals surface area contributed by atoms with Gasteiger partial charge < -0.3 is 10.2 Å². The van der Waals surface area contributed by atoms with E-state index in [-0.39, 0.29) is 18.4 Å². The molecule has 5 nitrogen and oxygen atoms in total. The van der Waals surface area contributed by atoms with Crippen LogP contribution in [-0.4, -0.2) is 47.8 Å². The standard InChI is InChI=1S/C13H21F3N2O3/c1-5-8(2)9-10(19)17-12(3,4)11(20)18(9)6-7-21-13(14,15)16/h8-9H,5-7H2,1-4H3,(H,17,19). The van der Waals surface area contributed by atoms with Crippen LogP contribution in [0.5, 0.6) is 0 Å². The highest BCUT2D eigenvalue weighted by Gasteiger charge is 2.46. The van der Waals surface area contributed by atoms with Crippen LogP contribution in [0.25, 0.3) is 0 Å². The van der Waals surface area contributed by atoms with E-state index in [1.807, 2.05) is 6.92 Å². The van der Waals surface area contributed by atoms with Crippen LogP contribution in [0.1, 0.15) is 34.1 Å². The van der Waals surface area contributed by atoms with Crippen LogP contribution in [0, 0.1) is 5.92 Å². The van der Waals surface area contributed by atoms with E-state index in [4.69, 9.17) is 0 Å². The van der Waals surface area contributed by atoms with Crippen LogP contribution in [0.15, 0.2) is 0 Å². The van der Waals surface area contributed by atoms with Crippen LogP contribution in [0.2, 0.25) is 0 Å². The molecule has 1 aliphatic rings. The number of carbonyl (C=O) groups is 2. The summed E-state index contributed by atoms with van der Waals surface area (Å²) in [6.45, 7) is 5.73. The van der Waals surface area contributed by atoms with Crippen LogP contribution in [0.4, 0.5) is 13.2 Å². The molecule has 122 valence electrons. The van der Waals surface area contributed by atoms with E-state index in [0.29, 0.717) is 6.42 Å². The number of ether oxygens (including phenoxy) is 1. The SMILES string of the molecule is CCC(C)C1C(=O)NC(C)(C)C(=O)N1CCOC(F)(F)F. The highest BCUT2D eigenvalue weighted by molar-refractivity contribution is 5.99. The second-order valence-corrected chi connectivity index (χ2v) is 5.74. The van der Waals surface area contributed by atoms with Crippen LogP contribution >= 0.6 is 0 Å². The van der Waals surface area contributed by atoms with E-state index < -0.39 is 30.5 Å². The summed E-state index contributed by atoms with van der Waals surface area (Å²) in [4.78, 5) is 25.7. The van der Waals surface area contributed by atoms with Crippen molar-refractivity contribution >= 4 is 11.8 Å². The van der Waals surface area contributed by atoms with Crippen molar-refractivity contribution in [3.63, 3.8) is 0 Å². The van der Waals surface area contributed by atoms with E-state index in [0.717, 1.165) is 0 Å². The predicted molar refractivity (Wildman–Crippen MR) is 69.2 cm³/mol. The Bertz CT molecular complexity index is 410.